The van der Waals surface area contributed by atoms with Crippen LogP contribution < -0.4 is 4.74 Å². The van der Waals surface area contributed by atoms with E-state index in [1.165, 1.54) is 25.6 Å². The molecule has 0 aromatic heterocycles. The Kier molecular flexibility index (Phi) is 8.50. The molecule has 0 atom stereocenters. The number of aliphatic hydroxyl groups is 1. The van der Waals surface area contributed by atoms with Crippen LogP contribution in [0, 0.1) is 0 Å². The monoisotopic (exact) mass is 421 g/mol. The molecule has 0 aliphatic heterocycles. The summed E-state index contributed by atoms with van der Waals surface area (Å²) in [5.74, 6) is -0.257. The molecule has 0 fully saturated rings. The van der Waals surface area contributed by atoms with Crippen LogP contribution in [-0.4, -0.2) is 35.8 Å². The van der Waals surface area contributed by atoms with Crippen LogP contribution in [-0.2, 0) is 9.63 Å². The summed E-state index contributed by atoms with van der Waals surface area (Å²) in [5.41, 5.74) is 0.534. The van der Waals surface area contributed by atoms with Crippen molar-refractivity contribution < 1.29 is 24.3 Å². The highest BCUT2D eigenvalue weighted by Gasteiger charge is 2.12. The van der Waals surface area contributed by atoms with Crippen molar-refractivity contribution in [3.8, 4) is 5.75 Å². The number of aliphatic hydroxyl groups excluding tert-OH is 1. The fourth-order valence-corrected chi connectivity index (χ4v) is 3.20. The van der Waals surface area contributed by atoms with Gasteiger partial charge in [0.2, 0.25) is 5.78 Å². The Hall–Kier alpha value is -2.35. The van der Waals surface area contributed by atoms with Gasteiger partial charge in [-0.3, -0.25) is 4.79 Å². The number of Topliss-reactive ketones (excluding diaryl/α,β-unsaturated/α-hetero) is 1. The van der Waals surface area contributed by atoms with E-state index in [0.29, 0.717) is 29.4 Å². The standard InChI is InChI=1S/C20H20ClNO5S/c1-13(22-27-14(2)24)20(25)15-4-7-17(8-5-15)28-19-9-6-16(12-18(19)21)26-11-3-10-23/h4-9,12,23H,3,10-11H2,1-2H3/b22-13+. The summed E-state index contributed by atoms with van der Waals surface area (Å²) in [6.07, 6.45) is 0.560. The lowest BCUT2D eigenvalue weighted by Crippen LogP contribution is -2.11. The number of hydrogen-bond donors (Lipinski definition) is 1. The van der Waals surface area contributed by atoms with Crippen LogP contribution in [0.4, 0.5) is 0 Å². The lowest BCUT2D eigenvalue weighted by atomic mass is 10.1. The Balaban J connectivity index is 2.03. The van der Waals surface area contributed by atoms with Crippen LogP contribution in [0.5, 0.6) is 5.75 Å². The Bertz CT molecular complexity index is 867. The van der Waals surface area contributed by atoms with Crippen molar-refractivity contribution in [2.75, 3.05) is 13.2 Å². The van der Waals surface area contributed by atoms with Gasteiger partial charge in [-0.05, 0) is 49.4 Å². The maximum Gasteiger partial charge on any atom is 0.331 e. The van der Waals surface area contributed by atoms with Crippen molar-refractivity contribution in [1.29, 1.82) is 0 Å². The van der Waals surface area contributed by atoms with Crippen molar-refractivity contribution in [2.45, 2.75) is 30.1 Å². The fourth-order valence-electron chi connectivity index (χ4n) is 2.09. The maximum atomic E-state index is 12.2. The van der Waals surface area contributed by atoms with Gasteiger partial charge in [-0.1, -0.05) is 28.5 Å². The van der Waals surface area contributed by atoms with Crippen LogP contribution in [0.2, 0.25) is 5.02 Å². The maximum absolute atomic E-state index is 12.2. The zero-order valence-electron chi connectivity index (χ0n) is 15.5. The third kappa shape index (κ3) is 6.67. The van der Waals surface area contributed by atoms with Gasteiger partial charge in [-0.2, -0.15) is 0 Å². The molecule has 28 heavy (non-hydrogen) atoms. The molecule has 0 bridgehead atoms. The minimum absolute atomic E-state index is 0.0787. The molecule has 0 aliphatic rings. The highest BCUT2D eigenvalue weighted by Crippen LogP contribution is 2.35. The summed E-state index contributed by atoms with van der Waals surface area (Å²) < 4.78 is 5.50. The van der Waals surface area contributed by atoms with Crippen LogP contribution in [0.25, 0.3) is 0 Å². The van der Waals surface area contributed by atoms with Crippen molar-refractivity contribution in [1.82, 2.24) is 0 Å². The van der Waals surface area contributed by atoms with E-state index in [1.807, 2.05) is 12.1 Å². The summed E-state index contributed by atoms with van der Waals surface area (Å²) in [6.45, 7) is 3.20. The topological polar surface area (TPSA) is 85.2 Å². The Morgan fingerprint density at radius 2 is 1.86 bits per heavy atom. The highest BCUT2D eigenvalue weighted by molar-refractivity contribution is 7.99. The van der Waals surface area contributed by atoms with E-state index in [-0.39, 0.29) is 18.1 Å². The highest BCUT2D eigenvalue weighted by atomic mass is 35.5. The van der Waals surface area contributed by atoms with Crippen molar-refractivity contribution >= 4 is 40.8 Å². The summed E-state index contributed by atoms with van der Waals surface area (Å²) in [4.78, 5) is 29.3. The SMILES string of the molecule is CC(=O)O/N=C(\C)C(=O)c1ccc(Sc2ccc(OCCCO)cc2Cl)cc1. The third-order valence-corrected chi connectivity index (χ3v) is 4.97. The molecule has 0 unspecified atom stereocenters. The average Bonchev–Trinajstić information content (AvgIpc) is 2.68. The minimum atomic E-state index is -0.583. The first-order chi connectivity index (χ1) is 13.4. The van der Waals surface area contributed by atoms with Crippen LogP contribution in [0.15, 0.2) is 57.4 Å². The predicted molar refractivity (Wildman–Crippen MR) is 108 cm³/mol. The first-order valence-electron chi connectivity index (χ1n) is 8.48. The second-order valence-corrected chi connectivity index (χ2v) is 7.26. The molecule has 0 amide bonds. The molecule has 2 rings (SSSR count). The molecule has 1 N–H and O–H groups in total. The lowest BCUT2D eigenvalue weighted by molar-refractivity contribution is -0.140. The van der Waals surface area contributed by atoms with Gasteiger partial charge in [0.25, 0.3) is 0 Å². The summed E-state index contributed by atoms with van der Waals surface area (Å²) >= 11 is 7.77. The van der Waals surface area contributed by atoms with E-state index in [1.54, 1.807) is 30.3 Å². The van der Waals surface area contributed by atoms with Crippen LogP contribution in [0.3, 0.4) is 0 Å². The van der Waals surface area contributed by atoms with Gasteiger partial charge in [0.15, 0.2) is 0 Å². The average molecular weight is 422 g/mol. The molecule has 0 heterocycles. The van der Waals surface area contributed by atoms with E-state index in [0.717, 1.165) is 9.79 Å². The normalized spacial score (nSPS) is 11.2. The quantitative estimate of drug-likeness (QED) is 0.213. The number of rotatable bonds is 9. The molecule has 6 nitrogen and oxygen atoms in total. The van der Waals surface area contributed by atoms with Crippen molar-refractivity contribution in [3.63, 3.8) is 0 Å². The molecule has 8 heteroatoms. The van der Waals surface area contributed by atoms with Crippen LogP contribution in [0.1, 0.15) is 30.6 Å². The second-order valence-electron chi connectivity index (χ2n) is 5.73. The number of ketones is 1. The molecular formula is C20H20ClNO5S. The molecule has 0 spiro atoms. The Morgan fingerprint density at radius 3 is 2.46 bits per heavy atom. The number of hydrogen-bond acceptors (Lipinski definition) is 7. The van der Waals surface area contributed by atoms with Crippen LogP contribution >= 0.6 is 23.4 Å². The molecule has 0 saturated carbocycles. The molecule has 2 aromatic carbocycles. The number of benzene rings is 2. The fraction of sp³-hybridized carbons (Fsp3) is 0.250. The first-order valence-corrected chi connectivity index (χ1v) is 9.68. The van der Waals surface area contributed by atoms with Gasteiger partial charge >= 0.3 is 5.97 Å². The third-order valence-electron chi connectivity index (χ3n) is 3.46. The number of ether oxygens (including phenoxy) is 1. The molecular weight excluding hydrogens is 402 g/mol. The number of halogens is 1. The van der Waals surface area contributed by atoms with E-state index >= 15 is 0 Å². The number of oxime groups is 1. The largest absolute Gasteiger partial charge is 0.493 e. The van der Waals surface area contributed by atoms with E-state index < -0.39 is 5.97 Å². The zero-order valence-corrected chi connectivity index (χ0v) is 17.0. The molecule has 0 aliphatic carbocycles. The van der Waals surface area contributed by atoms with Crippen molar-refractivity contribution in [2.24, 2.45) is 5.16 Å². The molecule has 2 aromatic rings. The van der Waals surface area contributed by atoms with Gasteiger partial charge < -0.3 is 14.7 Å². The van der Waals surface area contributed by atoms with Gasteiger partial charge in [-0.25, -0.2) is 4.79 Å². The van der Waals surface area contributed by atoms with E-state index in [9.17, 15) is 9.59 Å². The smallest absolute Gasteiger partial charge is 0.331 e. The first kappa shape index (κ1) is 21.9. The van der Waals surface area contributed by atoms with Gasteiger partial charge in [0.1, 0.15) is 11.5 Å². The number of carbonyl (C=O) groups excluding carboxylic acids is 2. The Labute approximate surface area is 172 Å². The minimum Gasteiger partial charge on any atom is -0.493 e. The summed E-state index contributed by atoms with van der Waals surface area (Å²) in [6, 6.07) is 12.4. The van der Waals surface area contributed by atoms with E-state index in [2.05, 4.69) is 9.99 Å². The second kappa shape index (κ2) is 10.8. The van der Waals surface area contributed by atoms with Gasteiger partial charge in [0.05, 0.1) is 11.6 Å². The Morgan fingerprint density at radius 1 is 1.14 bits per heavy atom. The van der Waals surface area contributed by atoms with Crippen molar-refractivity contribution in [3.05, 3.63) is 53.1 Å². The van der Waals surface area contributed by atoms with E-state index in [4.69, 9.17) is 21.4 Å². The summed E-state index contributed by atoms with van der Waals surface area (Å²) in [7, 11) is 0. The lowest BCUT2D eigenvalue weighted by Gasteiger charge is -2.09. The number of carbonyl (C=O) groups is 2. The molecule has 0 radical (unpaired) electrons. The molecule has 0 saturated heterocycles. The molecule has 148 valence electrons. The predicted octanol–water partition coefficient (Wildman–Crippen LogP) is 4.37. The number of nitrogens with zero attached hydrogens (tertiary/aromatic N) is 1. The summed E-state index contributed by atoms with van der Waals surface area (Å²) in [5, 5.41) is 12.8. The van der Waals surface area contributed by atoms with Gasteiger partial charge in [0, 0.05) is 35.3 Å². The van der Waals surface area contributed by atoms with Gasteiger partial charge in [-0.15, -0.1) is 0 Å². The zero-order chi connectivity index (χ0) is 20.5.